The molecule has 0 spiro atoms. The molecule has 14 heavy (non-hydrogen) atoms. The van der Waals surface area contributed by atoms with Crippen molar-refractivity contribution in [3.8, 4) is 0 Å². The van der Waals surface area contributed by atoms with E-state index in [1.165, 1.54) is 0 Å². The van der Waals surface area contributed by atoms with Gasteiger partial charge in [-0.25, -0.2) is 0 Å². The van der Waals surface area contributed by atoms with Crippen LogP contribution in [-0.4, -0.2) is 23.9 Å². The van der Waals surface area contributed by atoms with Gasteiger partial charge in [0.1, 0.15) is 5.84 Å². The van der Waals surface area contributed by atoms with Gasteiger partial charge in [0.05, 0.1) is 5.69 Å². The van der Waals surface area contributed by atoms with E-state index in [0.717, 1.165) is 36.6 Å². The lowest BCUT2D eigenvalue weighted by atomic mass is 10.2. The number of hydrogen-bond donors (Lipinski definition) is 2. The van der Waals surface area contributed by atoms with E-state index >= 15 is 0 Å². The number of pyridine rings is 1. The van der Waals surface area contributed by atoms with Gasteiger partial charge in [-0.05, 0) is 18.6 Å². The number of rotatable bonds is 2. The minimum absolute atomic E-state index is 0.486. The lowest BCUT2D eigenvalue weighted by Gasteiger charge is -2.14. The van der Waals surface area contributed by atoms with Crippen LogP contribution in [0.15, 0.2) is 23.3 Å². The van der Waals surface area contributed by atoms with Crippen molar-refractivity contribution in [2.24, 2.45) is 10.7 Å². The number of nitrogens with two attached hydrogens (primary N) is 1. The molecule has 0 aliphatic carbocycles. The average Bonchev–Trinajstić information content (AvgIpc) is 2.30. The SMILES string of the molecule is NCc1ccc(C2=NCCCN2)cn1. The summed E-state index contributed by atoms with van der Waals surface area (Å²) < 4.78 is 0. The number of aromatic nitrogens is 1. The van der Waals surface area contributed by atoms with Gasteiger partial charge in [0, 0.05) is 31.4 Å². The Kier molecular flexibility index (Phi) is 2.74. The third kappa shape index (κ3) is 1.90. The van der Waals surface area contributed by atoms with Crippen LogP contribution in [0.1, 0.15) is 17.7 Å². The minimum Gasteiger partial charge on any atom is -0.370 e. The van der Waals surface area contributed by atoms with Gasteiger partial charge in [0.2, 0.25) is 0 Å². The second-order valence-electron chi connectivity index (χ2n) is 3.25. The Hall–Kier alpha value is -1.42. The van der Waals surface area contributed by atoms with E-state index < -0.39 is 0 Å². The Morgan fingerprint density at radius 1 is 1.43 bits per heavy atom. The highest BCUT2D eigenvalue weighted by molar-refractivity contribution is 5.98. The van der Waals surface area contributed by atoms with Crippen molar-refractivity contribution in [2.45, 2.75) is 13.0 Å². The Morgan fingerprint density at radius 2 is 2.36 bits per heavy atom. The number of nitrogens with one attached hydrogen (secondary N) is 1. The summed E-state index contributed by atoms with van der Waals surface area (Å²) in [5.74, 6) is 0.951. The largest absolute Gasteiger partial charge is 0.370 e. The molecule has 0 atom stereocenters. The zero-order valence-corrected chi connectivity index (χ0v) is 8.03. The third-order valence-corrected chi connectivity index (χ3v) is 2.20. The minimum atomic E-state index is 0.486. The second kappa shape index (κ2) is 4.19. The van der Waals surface area contributed by atoms with Crippen LogP contribution in [0.3, 0.4) is 0 Å². The van der Waals surface area contributed by atoms with Gasteiger partial charge in [0.25, 0.3) is 0 Å². The van der Waals surface area contributed by atoms with E-state index in [2.05, 4.69) is 15.3 Å². The summed E-state index contributed by atoms with van der Waals surface area (Å²) >= 11 is 0. The molecule has 1 aliphatic rings. The average molecular weight is 190 g/mol. The molecular formula is C10H14N4. The fraction of sp³-hybridized carbons (Fsp3) is 0.400. The molecular weight excluding hydrogens is 176 g/mol. The Bertz CT molecular complexity index is 328. The second-order valence-corrected chi connectivity index (χ2v) is 3.25. The molecule has 0 aromatic carbocycles. The first-order valence-corrected chi connectivity index (χ1v) is 4.84. The van der Waals surface area contributed by atoms with Crippen LogP contribution in [-0.2, 0) is 6.54 Å². The van der Waals surface area contributed by atoms with Crippen LogP contribution in [0.5, 0.6) is 0 Å². The zero-order chi connectivity index (χ0) is 9.80. The number of amidine groups is 1. The fourth-order valence-electron chi connectivity index (χ4n) is 1.41. The van der Waals surface area contributed by atoms with Crippen LogP contribution in [0.4, 0.5) is 0 Å². The van der Waals surface area contributed by atoms with Gasteiger partial charge in [-0.3, -0.25) is 9.98 Å². The molecule has 0 radical (unpaired) electrons. The van der Waals surface area contributed by atoms with E-state index in [1.807, 2.05) is 18.3 Å². The van der Waals surface area contributed by atoms with Gasteiger partial charge in [-0.2, -0.15) is 0 Å². The van der Waals surface area contributed by atoms with Crippen molar-refractivity contribution < 1.29 is 0 Å². The van der Waals surface area contributed by atoms with Crippen molar-refractivity contribution in [1.82, 2.24) is 10.3 Å². The van der Waals surface area contributed by atoms with Gasteiger partial charge in [-0.15, -0.1) is 0 Å². The zero-order valence-electron chi connectivity index (χ0n) is 8.03. The van der Waals surface area contributed by atoms with Crippen molar-refractivity contribution >= 4 is 5.84 Å². The van der Waals surface area contributed by atoms with E-state index in [9.17, 15) is 0 Å². The first-order chi connectivity index (χ1) is 6.90. The monoisotopic (exact) mass is 190 g/mol. The molecule has 1 aromatic rings. The maximum atomic E-state index is 5.47. The summed E-state index contributed by atoms with van der Waals surface area (Å²) in [6.07, 6.45) is 2.93. The van der Waals surface area contributed by atoms with E-state index in [-0.39, 0.29) is 0 Å². The van der Waals surface area contributed by atoms with E-state index in [4.69, 9.17) is 5.73 Å². The molecule has 1 aromatic heterocycles. The molecule has 2 rings (SSSR count). The molecule has 0 fully saturated rings. The highest BCUT2D eigenvalue weighted by Gasteiger charge is 2.06. The summed E-state index contributed by atoms with van der Waals surface area (Å²) in [6, 6.07) is 3.94. The molecule has 0 bridgehead atoms. The fourth-order valence-corrected chi connectivity index (χ4v) is 1.41. The van der Waals surface area contributed by atoms with Crippen LogP contribution in [0.2, 0.25) is 0 Å². The summed E-state index contributed by atoms with van der Waals surface area (Å²) in [5.41, 5.74) is 7.42. The van der Waals surface area contributed by atoms with Gasteiger partial charge in [0.15, 0.2) is 0 Å². The van der Waals surface area contributed by atoms with Crippen molar-refractivity contribution in [2.75, 3.05) is 13.1 Å². The molecule has 2 heterocycles. The molecule has 3 N–H and O–H groups in total. The summed E-state index contributed by atoms with van der Waals surface area (Å²) in [4.78, 5) is 8.62. The molecule has 4 heteroatoms. The first-order valence-electron chi connectivity index (χ1n) is 4.84. The maximum Gasteiger partial charge on any atom is 0.129 e. The number of nitrogens with zero attached hydrogens (tertiary/aromatic N) is 2. The molecule has 0 saturated heterocycles. The highest BCUT2D eigenvalue weighted by atomic mass is 15.0. The van der Waals surface area contributed by atoms with Crippen LogP contribution in [0.25, 0.3) is 0 Å². The summed E-state index contributed by atoms with van der Waals surface area (Å²) in [5, 5.41) is 3.25. The Balaban J connectivity index is 2.19. The number of aliphatic imine (C=N–C) groups is 1. The normalized spacial score (nSPS) is 15.9. The van der Waals surface area contributed by atoms with Gasteiger partial charge >= 0.3 is 0 Å². The van der Waals surface area contributed by atoms with Crippen molar-refractivity contribution in [1.29, 1.82) is 0 Å². The van der Waals surface area contributed by atoms with Crippen LogP contribution >= 0.6 is 0 Å². The van der Waals surface area contributed by atoms with Gasteiger partial charge < -0.3 is 11.1 Å². The standard InChI is InChI=1S/C10H14N4/c11-6-9-3-2-8(7-14-9)10-12-4-1-5-13-10/h2-3,7H,1,4-6,11H2,(H,12,13). The van der Waals surface area contributed by atoms with Gasteiger partial charge in [-0.1, -0.05) is 0 Å². The van der Waals surface area contributed by atoms with Crippen molar-refractivity contribution in [3.05, 3.63) is 29.6 Å². The van der Waals surface area contributed by atoms with E-state index in [1.54, 1.807) is 0 Å². The predicted octanol–water partition coefficient (Wildman–Crippen LogP) is 0.280. The molecule has 74 valence electrons. The van der Waals surface area contributed by atoms with Crippen LogP contribution in [0, 0.1) is 0 Å². The molecule has 0 amide bonds. The lowest BCUT2D eigenvalue weighted by molar-refractivity contribution is 0.742. The highest BCUT2D eigenvalue weighted by Crippen LogP contribution is 2.03. The van der Waals surface area contributed by atoms with Crippen molar-refractivity contribution in [3.63, 3.8) is 0 Å². The van der Waals surface area contributed by atoms with Crippen LogP contribution < -0.4 is 11.1 Å². The Labute approximate surface area is 83.3 Å². The Morgan fingerprint density at radius 3 is 2.93 bits per heavy atom. The molecule has 0 unspecified atom stereocenters. The maximum absolute atomic E-state index is 5.47. The molecule has 1 aliphatic heterocycles. The quantitative estimate of drug-likeness (QED) is 0.704. The molecule has 0 saturated carbocycles. The third-order valence-electron chi connectivity index (χ3n) is 2.20. The predicted molar refractivity (Wildman–Crippen MR) is 56.2 cm³/mol. The topological polar surface area (TPSA) is 63.3 Å². The first kappa shape index (κ1) is 9.15. The molecule has 4 nitrogen and oxygen atoms in total. The lowest BCUT2D eigenvalue weighted by Crippen LogP contribution is -2.30. The summed E-state index contributed by atoms with van der Waals surface area (Å²) in [6.45, 7) is 2.39. The number of hydrogen-bond acceptors (Lipinski definition) is 4. The summed E-state index contributed by atoms with van der Waals surface area (Å²) in [7, 11) is 0. The van der Waals surface area contributed by atoms with E-state index in [0.29, 0.717) is 6.54 Å². The smallest absolute Gasteiger partial charge is 0.129 e.